The molecule has 1 aliphatic rings. The van der Waals surface area contributed by atoms with Crippen molar-refractivity contribution in [2.24, 2.45) is 11.8 Å². The summed E-state index contributed by atoms with van der Waals surface area (Å²) in [5, 5.41) is 3.39. The minimum Gasteiger partial charge on any atom is -0.385 e. The summed E-state index contributed by atoms with van der Waals surface area (Å²) in [6, 6.07) is 0. The van der Waals surface area contributed by atoms with Crippen molar-refractivity contribution in [3.63, 3.8) is 0 Å². The van der Waals surface area contributed by atoms with Crippen molar-refractivity contribution < 1.29 is 0 Å². The molecule has 0 radical (unpaired) electrons. The van der Waals surface area contributed by atoms with Crippen molar-refractivity contribution in [3.05, 3.63) is 35.6 Å². The molecule has 0 amide bonds. The van der Waals surface area contributed by atoms with Crippen LogP contribution in [0, 0.1) is 11.8 Å². The van der Waals surface area contributed by atoms with Crippen molar-refractivity contribution in [1.29, 1.82) is 0 Å². The molecule has 1 aliphatic heterocycles. The molecule has 0 bridgehead atoms. The monoisotopic (exact) mass is 205 g/mol. The number of nitrogens with one attached hydrogen (secondary N) is 1. The van der Waals surface area contributed by atoms with Gasteiger partial charge in [0.15, 0.2) is 0 Å². The topological polar surface area (TPSA) is 12.0 Å². The Kier molecular flexibility index (Phi) is 4.19. The minimum atomic E-state index is 0.569. The number of piperidine rings is 1. The van der Waals surface area contributed by atoms with Crippen LogP contribution in [0.25, 0.3) is 0 Å². The fraction of sp³-hybridized carbons (Fsp3) is 0.571. The summed E-state index contributed by atoms with van der Waals surface area (Å²) in [6.45, 7) is 14.0. The molecule has 15 heavy (non-hydrogen) atoms. The molecule has 0 saturated carbocycles. The van der Waals surface area contributed by atoms with Gasteiger partial charge in [-0.05, 0) is 36.3 Å². The van der Waals surface area contributed by atoms with Gasteiger partial charge in [-0.15, -0.1) is 0 Å². The number of hydrogen-bond donors (Lipinski definition) is 1. The van der Waals surface area contributed by atoms with Crippen LogP contribution in [0.1, 0.15) is 34.1 Å². The van der Waals surface area contributed by atoms with E-state index in [1.807, 2.05) is 0 Å². The van der Waals surface area contributed by atoms with Gasteiger partial charge in [0.25, 0.3) is 0 Å². The highest BCUT2D eigenvalue weighted by atomic mass is 14.9. The summed E-state index contributed by atoms with van der Waals surface area (Å²) in [6.07, 6.45) is 5.50. The van der Waals surface area contributed by atoms with Crippen molar-refractivity contribution in [2.75, 3.05) is 6.54 Å². The average Bonchev–Trinajstić information content (AvgIpc) is 2.18. The van der Waals surface area contributed by atoms with Gasteiger partial charge in [0.2, 0.25) is 0 Å². The maximum atomic E-state index is 4.11. The van der Waals surface area contributed by atoms with E-state index in [-0.39, 0.29) is 0 Å². The highest BCUT2D eigenvalue weighted by molar-refractivity contribution is 5.40. The quantitative estimate of drug-likeness (QED) is 0.725. The zero-order valence-electron chi connectivity index (χ0n) is 10.4. The molecular weight excluding hydrogens is 182 g/mol. The SMILES string of the molecule is C=C1NCC(C)C/C1=C(/C=C\C)C(C)C. The summed E-state index contributed by atoms with van der Waals surface area (Å²) in [5.41, 5.74) is 3.97. The lowest BCUT2D eigenvalue weighted by Crippen LogP contribution is -2.28. The third-order valence-electron chi connectivity index (χ3n) is 2.90. The maximum Gasteiger partial charge on any atom is 0.0302 e. The van der Waals surface area contributed by atoms with E-state index in [2.05, 4.69) is 51.7 Å². The summed E-state index contributed by atoms with van der Waals surface area (Å²) >= 11 is 0. The Labute approximate surface area is 94.0 Å². The van der Waals surface area contributed by atoms with Crippen LogP contribution in [0.5, 0.6) is 0 Å². The standard InChI is InChI=1S/C14H23N/c1-6-7-13(10(2)3)14-8-11(4)9-15-12(14)5/h6-7,10-11,15H,5,8-9H2,1-4H3/b7-6-,14-13+. The lowest BCUT2D eigenvalue weighted by molar-refractivity contribution is 0.500. The molecule has 1 N–H and O–H groups in total. The van der Waals surface area contributed by atoms with Gasteiger partial charge >= 0.3 is 0 Å². The van der Waals surface area contributed by atoms with E-state index in [0.717, 1.165) is 18.7 Å². The first-order valence-corrected chi connectivity index (χ1v) is 5.85. The van der Waals surface area contributed by atoms with Crippen LogP contribution >= 0.6 is 0 Å². The summed E-state index contributed by atoms with van der Waals surface area (Å²) < 4.78 is 0. The van der Waals surface area contributed by atoms with E-state index >= 15 is 0 Å². The Bertz CT molecular complexity index is 294. The first-order valence-electron chi connectivity index (χ1n) is 5.85. The van der Waals surface area contributed by atoms with Gasteiger partial charge in [0.05, 0.1) is 0 Å². The molecule has 0 spiro atoms. The molecule has 1 saturated heterocycles. The van der Waals surface area contributed by atoms with Gasteiger partial charge in [0.1, 0.15) is 0 Å². The predicted molar refractivity (Wildman–Crippen MR) is 67.6 cm³/mol. The number of allylic oxidation sites excluding steroid dienone is 4. The molecular formula is C14H23N. The molecule has 1 nitrogen and oxygen atoms in total. The molecule has 0 aliphatic carbocycles. The molecule has 1 fully saturated rings. The third kappa shape index (κ3) is 2.98. The lowest BCUT2D eigenvalue weighted by Gasteiger charge is -2.28. The summed E-state index contributed by atoms with van der Waals surface area (Å²) in [7, 11) is 0. The van der Waals surface area contributed by atoms with Crippen LogP contribution in [0.2, 0.25) is 0 Å². The fourth-order valence-electron chi connectivity index (χ4n) is 2.06. The number of rotatable bonds is 2. The van der Waals surface area contributed by atoms with E-state index < -0.39 is 0 Å². The average molecular weight is 205 g/mol. The molecule has 0 aromatic carbocycles. The van der Waals surface area contributed by atoms with Crippen LogP contribution in [0.4, 0.5) is 0 Å². The highest BCUT2D eigenvalue weighted by Crippen LogP contribution is 2.29. The van der Waals surface area contributed by atoms with E-state index in [4.69, 9.17) is 0 Å². The van der Waals surface area contributed by atoms with Crippen LogP contribution in [-0.2, 0) is 0 Å². The highest BCUT2D eigenvalue weighted by Gasteiger charge is 2.19. The maximum absolute atomic E-state index is 4.11. The van der Waals surface area contributed by atoms with Gasteiger partial charge in [-0.2, -0.15) is 0 Å². The third-order valence-corrected chi connectivity index (χ3v) is 2.90. The second-order valence-electron chi connectivity index (χ2n) is 4.76. The van der Waals surface area contributed by atoms with E-state index in [0.29, 0.717) is 11.8 Å². The van der Waals surface area contributed by atoms with Gasteiger partial charge in [-0.25, -0.2) is 0 Å². The predicted octanol–water partition coefficient (Wildman–Crippen LogP) is 3.66. The Morgan fingerprint density at radius 2 is 2.20 bits per heavy atom. The first kappa shape index (κ1) is 12.1. The van der Waals surface area contributed by atoms with Crippen LogP contribution < -0.4 is 5.32 Å². The van der Waals surface area contributed by atoms with Gasteiger partial charge < -0.3 is 5.32 Å². The normalized spacial score (nSPS) is 25.9. The fourth-order valence-corrected chi connectivity index (χ4v) is 2.06. The molecule has 1 heteroatoms. The zero-order valence-corrected chi connectivity index (χ0v) is 10.4. The second kappa shape index (κ2) is 5.20. The van der Waals surface area contributed by atoms with Crippen LogP contribution in [0.15, 0.2) is 35.6 Å². The molecule has 0 aromatic rings. The molecule has 1 heterocycles. The summed E-state index contributed by atoms with van der Waals surface area (Å²) in [4.78, 5) is 0. The second-order valence-corrected chi connectivity index (χ2v) is 4.76. The zero-order chi connectivity index (χ0) is 11.4. The first-order chi connectivity index (χ1) is 7.06. The Morgan fingerprint density at radius 3 is 2.73 bits per heavy atom. The Morgan fingerprint density at radius 1 is 1.53 bits per heavy atom. The van der Waals surface area contributed by atoms with Crippen molar-refractivity contribution in [3.8, 4) is 0 Å². The van der Waals surface area contributed by atoms with Gasteiger partial charge in [0, 0.05) is 12.2 Å². The van der Waals surface area contributed by atoms with Crippen molar-refractivity contribution >= 4 is 0 Å². The lowest BCUT2D eigenvalue weighted by atomic mass is 9.87. The summed E-state index contributed by atoms with van der Waals surface area (Å²) in [5.74, 6) is 1.28. The number of hydrogen-bond acceptors (Lipinski definition) is 1. The van der Waals surface area contributed by atoms with Crippen molar-refractivity contribution in [1.82, 2.24) is 5.32 Å². The molecule has 1 unspecified atom stereocenters. The van der Waals surface area contributed by atoms with Crippen LogP contribution in [-0.4, -0.2) is 6.54 Å². The molecule has 84 valence electrons. The van der Waals surface area contributed by atoms with Crippen LogP contribution in [0.3, 0.4) is 0 Å². The largest absolute Gasteiger partial charge is 0.385 e. The van der Waals surface area contributed by atoms with Gasteiger partial charge in [-0.1, -0.05) is 39.5 Å². The smallest absolute Gasteiger partial charge is 0.0302 e. The van der Waals surface area contributed by atoms with Crippen molar-refractivity contribution in [2.45, 2.75) is 34.1 Å². The molecule has 1 atom stereocenters. The van der Waals surface area contributed by atoms with E-state index in [1.54, 1.807) is 0 Å². The minimum absolute atomic E-state index is 0.569. The Balaban J connectivity index is 3.05. The van der Waals surface area contributed by atoms with E-state index in [9.17, 15) is 0 Å². The molecule has 1 rings (SSSR count). The van der Waals surface area contributed by atoms with Gasteiger partial charge in [-0.3, -0.25) is 0 Å². The molecule has 0 aromatic heterocycles. The Hall–Kier alpha value is -0.980. The van der Waals surface area contributed by atoms with E-state index in [1.165, 1.54) is 11.1 Å².